The fourth-order valence-electron chi connectivity index (χ4n) is 3.39. The van der Waals surface area contributed by atoms with Crippen molar-refractivity contribution in [1.82, 2.24) is 30.7 Å². The molecule has 0 saturated heterocycles. The number of carbonyl (C=O) groups is 1. The lowest BCUT2D eigenvalue weighted by Crippen LogP contribution is -2.21. The Hall–Kier alpha value is -3.99. The second-order valence-corrected chi connectivity index (χ2v) is 9.35. The van der Waals surface area contributed by atoms with Crippen molar-refractivity contribution < 1.29 is 9.42 Å². The van der Waals surface area contributed by atoms with Gasteiger partial charge in [-0.3, -0.25) is 4.79 Å². The van der Waals surface area contributed by atoms with E-state index in [0.29, 0.717) is 23.1 Å². The molecule has 0 bridgehead atoms. The van der Waals surface area contributed by atoms with E-state index < -0.39 is 5.91 Å². The predicted molar refractivity (Wildman–Crippen MR) is 134 cm³/mol. The lowest BCUT2D eigenvalue weighted by molar-refractivity contribution is 0.0949. The number of hydrogen-bond donors (Lipinski definition) is 2. The molecule has 4 aromatic rings. The number of nitrogens with two attached hydrogens (primary N) is 1. The molecule has 11 heteroatoms. The number of amides is 1. The molecule has 0 radical (unpaired) electrons. The van der Waals surface area contributed by atoms with Gasteiger partial charge in [0.25, 0.3) is 5.91 Å². The van der Waals surface area contributed by atoms with Crippen molar-refractivity contribution in [1.29, 1.82) is 0 Å². The minimum atomic E-state index is -0.495. The molecule has 0 aliphatic rings. The highest BCUT2D eigenvalue weighted by molar-refractivity contribution is 7.98. The van der Waals surface area contributed by atoms with Crippen molar-refractivity contribution >= 4 is 29.2 Å². The van der Waals surface area contributed by atoms with Gasteiger partial charge in [0.2, 0.25) is 11.6 Å². The van der Waals surface area contributed by atoms with Gasteiger partial charge in [-0.15, -0.1) is 16.9 Å². The first-order valence-corrected chi connectivity index (χ1v) is 12.1. The van der Waals surface area contributed by atoms with Gasteiger partial charge >= 0.3 is 0 Å². The first kappa shape index (κ1) is 24.1. The summed E-state index contributed by atoms with van der Waals surface area (Å²) in [4.78, 5) is 14.0. The molecular formula is C24H26N8O2S. The van der Waals surface area contributed by atoms with E-state index >= 15 is 0 Å². The molecule has 10 nitrogen and oxygen atoms in total. The largest absolute Gasteiger partial charge is 0.378 e. The van der Waals surface area contributed by atoms with Crippen LogP contribution in [-0.2, 0) is 12.2 Å². The van der Waals surface area contributed by atoms with Gasteiger partial charge in [-0.1, -0.05) is 61.5 Å². The third-order valence-corrected chi connectivity index (χ3v) is 6.16. The van der Waals surface area contributed by atoms with Gasteiger partial charge in [-0.25, -0.2) is 10.1 Å². The lowest BCUT2D eigenvalue weighted by Gasteiger charge is -2.07. The van der Waals surface area contributed by atoms with Crippen LogP contribution >= 0.6 is 11.8 Å². The molecule has 0 fully saturated rings. The van der Waals surface area contributed by atoms with E-state index in [2.05, 4.69) is 57.1 Å². The zero-order valence-electron chi connectivity index (χ0n) is 19.7. The van der Waals surface area contributed by atoms with E-state index in [9.17, 15) is 4.79 Å². The minimum Gasteiger partial charge on any atom is -0.378 e. The topological polar surface area (TPSA) is 137 Å². The molecule has 0 saturated carbocycles. The van der Waals surface area contributed by atoms with E-state index in [1.165, 1.54) is 22.0 Å². The third kappa shape index (κ3) is 5.93. The molecule has 2 heterocycles. The minimum absolute atomic E-state index is 0.0441. The van der Waals surface area contributed by atoms with E-state index in [0.717, 1.165) is 16.9 Å². The standard InChI is InChI=1S/C24H26N8O2S/c1-15(2)13-17-9-11-18(12-10-17)16(3)26-28-24(33)21-20(14-35-19-7-5-4-6-8-19)32(31-27-21)23-22(25)29-34-30-23/h4-12,15H,13-14H2,1-3H3,(H2,25,29)(H,28,33)/b26-16-. The molecule has 1 amide bonds. The molecule has 4 rings (SSSR count). The third-order valence-electron chi connectivity index (χ3n) is 5.13. The van der Waals surface area contributed by atoms with E-state index in [4.69, 9.17) is 10.4 Å². The number of nitrogens with one attached hydrogen (secondary N) is 1. The number of anilines is 1. The summed E-state index contributed by atoms with van der Waals surface area (Å²) < 4.78 is 6.06. The van der Waals surface area contributed by atoms with Crippen LogP contribution in [0.2, 0.25) is 0 Å². The fourth-order valence-corrected chi connectivity index (χ4v) is 4.30. The Balaban J connectivity index is 1.54. The summed E-state index contributed by atoms with van der Waals surface area (Å²) >= 11 is 1.52. The highest BCUT2D eigenvalue weighted by atomic mass is 32.2. The first-order chi connectivity index (χ1) is 16.9. The highest BCUT2D eigenvalue weighted by Gasteiger charge is 2.24. The number of hydrogen-bond acceptors (Lipinski definition) is 9. The summed E-state index contributed by atoms with van der Waals surface area (Å²) in [6.07, 6.45) is 1.01. The number of nitrogens with zero attached hydrogens (tertiary/aromatic N) is 6. The number of hydrazone groups is 1. The first-order valence-electron chi connectivity index (χ1n) is 11.1. The smallest absolute Gasteiger partial charge is 0.293 e. The van der Waals surface area contributed by atoms with E-state index in [1.807, 2.05) is 49.4 Å². The van der Waals surface area contributed by atoms with Crippen LogP contribution in [0.25, 0.3) is 5.82 Å². The number of nitrogen functional groups attached to an aromatic ring is 1. The molecule has 0 atom stereocenters. The van der Waals surface area contributed by atoms with E-state index in [1.54, 1.807) is 0 Å². The number of carbonyl (C=O) groups excluding carboxylic acids is 1. The normalized spacial score (nSPS) is 11.7. The van der Waals surface area contributed by atoms with Gasteiger partial charge in [0, 0.05) is 10.6 Å². The highest BCUT2D eigenvalue weighted by Crippen LogP contribution is 2.25. The Morgan fingerprint density at radius 1 is 1.14 bits per heavy atom. The van der Waals surface area contributed by atoms with Crippen LogP contribution in [0.5, 0.6) is 0 Å². The monoisotopic (exact) mass is 490 g/mol. The van der Waals surface area contributed by atoms with Crippen molar-refractivity contribution in [3.8, 4) is 5.82 Å². The summed E-state index contributed by atoms with van der Waals surface area (Å²) in [7, 11) is 0. The van der Waals surface area contributed by atoms with Crippen molar-refractivity contribution in [2.75, 3.05) is 5.73 Å². The van der Waals surface area contributed by atoms with Crippen LogP contribution < -0.4 is 11.2 Å². The Bertz CT molecular complexity index is 1310. The Labute approximate surface area is 206 Å². The number of benzene rings is 2. The van der Waals surface area contributed by atoms with Crippen molar-refractivity contribution in [2.45, 2.75) is 37.8 Å². The predicted octanol–water partition coefficient (Wildman–Crippen LogP) is 3.88. The average molecular weight is 491 g/mol. The molecule has 0 aliphatic carbocycles. The van der Waals surface area contributed by atoms with Gasteiger partial charge in [0.1, 0.15) is 0 Å². The molecule has 0 spiro atoms. The van der Waals surface area contributed by atoms with Gasteiger partial charge in [0.05, 0.1) is 11.4 Å². The zero-order chi connectivity index (χ0) is 24.8. The molecular weight excluding hydrogens is 464 g/mol. The van der Waals surface area contributed by atoms with Crippen LogP contribution in [-0.4, -0.2) is 36.9 Å². The Morgan fingerprint density at radius 3 is 2.54 bits per heavy atom. The van der Waals surface area contributed by atoms with Crippen LogP contribution in [0.3, 0.4) is 0 Å². The van der Waals surface area contributed by atoms with Crippen LogP contribution in [0.4, 0.5) is 5.82 Å². The second-order valence-electron chi connectivity index (χ2n) is 8.30. The van der Waals surface area contributed by atoms with Crippen molar-refractivity contribution in [3.05, 3.63) is 77.1 Å². The van der Waals surface area contributed by atoms with E-state index in [-0.39, 0.29) is 17.3 Å². The van der Waals surface area contributed by atoms with Gasteiger partial charge < -0.3 is 5.73 Å². The number of aromatic nitrogens is 5. The quantitative estimate of drug-likeness (QED) is 0.205. The van der Waals surface area contributed by atoms with Crippen LogP contribution in [0, 0.1) is 5.92 Å². The SMILES string of the molecule is C/C(=N/NC(=O)c1nnn(-c2nonc2N)c1CSc1ccccc1)c1ccc(CC(C)C)cc1. The summed E-state index contributed by atoms with van der Waals surface area (Å²) in [6, 6.07) is 17.9. The van der Waals surface area contributed by atoms with Crippen LogP contribution in [0.15, 0.2) is 69.2 Å². The number of rotatable bonds is 9. The maximum absolute atomic E-state index is 13.0. The Morgan fingerprint density at radius 2 is 1.89 bits per heavy atom. The molecule has 180 valence electrons. The molecule has 0 aliphatic heterocycles. The maximum Gasteiger partial charge on any atom is 0.293 e. The molecule has 3 N–H and O–H groups in total. The van der Waals surface area contributed by atoms with Gasteiger partial charge in [-0.2, -0.15) is 9.78 Å². The molecule has 2 aromatic heterocycles. The van der Waals surface area contributed by atoms with Crippen LogP contribution in [0.1, 0.15) is 48.1 Å². The van der Waals surface area contributed by atoms with Gasteiger partial charge in [0.15, 0.2) is 5.69 Å². The van der Waals surface area contributed by atoms with Crippen molar-refractivity contribution in [2.24, 2.45) is 11.0 Å². The Kier molecular flexibility index (Phi) is 7.56. The van der Waals surface area contributed by atoms with Gasteiger partial charge in [-0.05, 0) is 52.8 Å². The summed E-state index contributed by atoms with van der Waals surface area (Å²) in [5, 5.41) is 19.8. The number of thioether (sulfide) groups is 1. The summed E-state index contributed by atoms with van der Waals surface area (Å²) in [5.41, 5.74) is 11.9. The second kappa shape index (κ2) is 11.0. The molecule has 35 heavy (non-hydrogen) atoms. The lowest BCUT2D eigenvalue weighted by atomic mass is 10.0. The average Bonchev–Trinajstić information content (AvgIpc) is 3.47. The zero-order valence-corrected chi connectivity index (χ0v) is 20.5. The summed E-state index contributed by atoms with van der Waals surface area (Å²) in [5.74, 6) is 0.683. The molecule has 0 unspecified atom stereocenters. The fraction of sp³-hybridized carbons (Fsp3) is 0.250. The molecule has 2 aromatic carbocycles. The summed E-state index contributed by atoms with van der Waals surface area (Å²) in [6.45, 7) is 6.21. The maximum atomic E-state index is 13.0. The van der Waals surface area contributed by atoms with Crippen molar-refractivity contribution in [3.63, 3.8) is 0 Å².